The van der Waals surface area contributed by atoms with Crippen molar-refractivity contribution in [3.05, 3.63) is 12.2 Å². The van der Waals surface area contributed by atoms with Gasteiger partial charge in [-0.1, -0.05) is 46.8 Å². The minimum atomic E-state index is -0.182. The summed E-state index contributed by atoms with van der Waals surface area (Å²) in [6.07, 6.45) is 5.91. The molecule has 0 heterocycles. The van der Waals surface area contributed by atoms with E-state index in [1.165, 1.54) is 7.11 Å². The van der Waals surface area contributed by atoms with Crippen molar-refractivity contribution in [3.8, 4) is 0 Å². The Morgan fingerprint density at radius 3 is 2.55 bits per heavy atom. The largest absolute Gasteiger partial charge is 0.469 e. The predicted molar refractivity (Wildman–Crippen MR) is 92.9 cm³/mol. The lowest BCUT2D eigenvalue weighted by Crippen LogP contribution is -2.38. The van der Waals surface area contributed by atoms with Crippen molar-refractivity contribution in [2.45, 2.75) is 52.7 Å². The number of hydrogen-bond donors (Lipinski definition) is 0. The third-order valence-electron chi connectivity index (χ3n) is 4.52. The second-order valence-electron chi connectivity index (χ2n) is 7.20. The summed E-state index contributed by atoms with van der Waals surface area (Å²) in [5.41, 5.74) is 0.0367. The quantitative estimate of drug-likeness (QED) is 0.521. The van der Waals surface area contributed by atoms with Crippen LogP contribution in [0.5, 0.6) is 0 Å². The first-order valence-electron chi connectivity index (χ1n) is 8.07. The lowest BCUT2D eigenvalue weighted by Gasteiger charge is -2.39. The number of rotatable bonds is 7. The molecule has 0 aliphatic heterocycles. The Morgan fingerprint density at radius 1 is 1.36 bits per heavy atom. The summed E-state index contributed by atoms with van der Waals surface area (Å²) >= 11 is 1.68. The predicted octanol–water partition coefficient (Wildman–Crippen LogP) is 4.11. The van der Waals surface area contributed by atoms with Crippen LogP contribution in [0.25, 0.3) is 0 Å². The molecule has 0 radical (unpaired) electrons. The monoisotopic (exact) mass is 326 g/mol. The Balaban J connectivity index is 2.53. The van der Waals surface area contributed by atoms with Crippen LogP contribution in [0.1, 0.15) is 47.5 Å². The van der Waals surface area contributed by atoms with Gasteiger partial charge in [0.05, 0.1) is 13.0 Å². The SMILES string of the molecule is COC(=O)C(C)CSC(C)CC(=O)C1C(C)C=CCC1(C)C. The van der Waals surface area contributed by atoms with E-state index in [4.69, 9.17) is 4.74 Å². The molecule has 0 saturated carbocycles. The molecule has 0 saturated heterocycles. The minimum absolute atomic E-state index is 0.0367. The van der Waals surface area contributed by atoms with Crippen LogP contribution in [-0.2, 0) is 14.3 Å². The van der Waals surface area contributed by atoms with E-state index in [-0.39, 0.29) is 28.5 Å². The van der Waals surface area contributed by atoms with E-state index in [2.05, 4.69) is 39.8 Å². The highest BCUT2D eigenvalue weighted by atomic mass is 32.2. The van der Waals surface area contributed by atoms with Crippen molar-refractivity contribution in [1.29, 1.82) is 0 Å². The molecule has 4 heteroatoms. The van der Waals surface area contributed by atoms with Gasteiger partial charge < -0.3 is 4.74 Å². The third kappa shape index (κ3) is 5.15. The van der Waals surface area contributed by atoms with Gasteiger partial charge in [0.1, 0.15) is 5.78 Å². The number of Topliss-reactive ketones (excluding diaryl/α,β-unsaturated/α-hetero) is 1. The van der Waals surface area contributed by atoms with E-state index in [0.29, 0.717) is 23.9 Å². The number of carbonyl (C=O) groups is 2. The van der Waals surface area contributed by atoms with Crippen molar-refractivity contribution in [2.24, 2.45) is 23.2 Å². The highest BCUT2D eigenvalue weighted by Gasteiger charge is 2.39. The van der Waals surface area contributed by atoms with Crippen molar-refractivity contribution < 1.29 is 14.3 Å². The number of esters is 1. The summed E-state index contributed by atoms with van der Waals surface area (Å²) in [7, 11) is 1.41. The molecule has 22 heavy (non-hydrogen) atoms. The molecule has 0 aromatic rings. The van der Waals surface area contributed by atoms with Gasteiger partial charge in [0, 0.05) is 23.3 Å². The molecule has 4 atom stereocenters. The number of carbonyl (C=O) groups excluding carboxylic acids is 2. The Bertz CT molecular complexity index is 428. The maximum absolute atomic E-state index is 12.7. The molecule has 3 nitrogen and oxygen atoms in total. The van der Waals surface area contributed by atoms with Gasteiger partial charge >= 0.3 is 5.97 Å². The van der Waals surface area contributed by atoms with Gasteiger partial charge in [-0.2, -0.15) is 11.8 Å². The molecule has 126 valence electrons. The van der Waals surface area contributed by atoms with Crippen LogP contribution in [0.15, 0.2) is 12.2 Å². The molecule has 0 aromatic heterocycles. The maximum Gasteiger partial charge on any atom is 0.309 e. The van der Waals surface area contributed by atoms with Crippen LogP contribution >= 0.6 is 11.8 Å². The average molecular weight is 327 g/mol. The molecule has 0 amide bonds. The third-order valence-corrected chi connectivity index (χ3v) is 5.95. The summed E-state index contributed by atoms with van der Waals surface area (Å²) in [4.78, 5) is 24.1. The van der Waals surface area contributed by atoms with Gasteiger partial charge in [0.2, 0.25) is 0 Å². The smallest absolute Gasteiger partial charge is 0.309 e. The summed E-state index contributed by atoms with van der Waals surface area (Å²) in [5.74, 6) is 1.15. The van der Waals surface area contributed by atoms with E-state index in [9.17, 15) is 9.59 Å². The molecule has 0 fully saturated rings. The second-order valence-corrected chi connectivity index (χ2v) is 8.67. The topological polar surface area (TPSA) is 43.4 Å². The summed E-state index contributed by atoms with van der Waals surface area (Å²) < 4.78 is 4.74. The Morgan fingerprint density at radius 2 is 2.00 bits per heavy atom. The minimum Gasteiger partial charge on any atom is -0.469 e. The summed E-state index contributed by atoms with van der Waals surface area (Å²) in [5, 5.41) is 0.230. The number of ketones is 1. The molecule has 0 aromatic carbocycles. The molecule has 0 bridgehead atoms. The molecular weight excluding hydrogens is 296 g/mol. The van der Waals surface area contributed by atoms with Gasteiger partial charge in [-0.3, -0.25) is 9.59 Å². The van der Waals surface area contributed by atoms with Gasteiger partial charge in [0.25, 0.3) is 0 Å². The van der Waals surface area contributed by atoms with Gasteiger partial charge in [-0.25, -0.2) is 0 Å². The highest BCUT2D eigenvalue weighted by Crippen LogP contribution is 2.42. The molecular formula is C18H30O3S. The number of thioether (sulfide) groups is 1. The van der Waals surface area contributed by atoms with E-state index in [0.717, 1.165) is 6.42 Å². The summed E-state index contributed by atoms with van der Waals surface area (Å²) in [6.45, 7) is 10.4. The standard InChI is InChI=1S/C18H30O3S/c1-12-8-7-9-18(4,5)16(12)15(19)10-14(3)22-11-13(2)17(20)21-6/h7-8,12-14,16H,9-11H2,1-6H3. The van der Waals surface area contributed by atoms with Gasteiger partial charge in [-0.05, 0) is 17.8 Å². The second kappa shape index (κ2) is 8.19. The van der Waals surface area contributed by atoms with Crippen LogP contribution in [-0.4, -0.2) is 29.9 Å². The molecule has 4 unspecified atom stereocenters. The lowest BCUT2D eigenvalue weighted by molar-refractivity contribution is -0.144. The van der Waals surface area contributed by atoms with E-state index < -0.39 is 0 Å². The lowest BCUT2D eigenvalue weighted by atomic mass is 9.65. The van der Waals surface area contributed by atoms with Crippen molar-refractivity contribution in [3.63, 3.8) is 0 Å². The first kappa shape index (κ1) is 19.3. The summed E-state index contributed by atoms with van der Waals surface area (Å²) in [6, 6.07) is 0. The van der Waals surface area contributed by atoms with E-state index in [1.807, 2.05) is 6.92 Å². The fraction of sp³-hybridized carbons (Fsp3) is 0.778. The molecule has 0 spiro atoms. The number of ether oxygens (including phenoxy) is 1. The van der Waals surface area contributed by atoms with Crippen molar-refractivity contribution in [1.82, 2.24) is 0 Å². The molecule has 1 aliphatic carbocycles. The maximum atomic E-state index is 12.7. The Kier molecular flexibility index (Phi) is 7.17. The first-order chi connectivity index (χ1) is 10.2. The highest BCUT2D eigenvalue weighted by molar-refractivity contribution is 7.99. The zero-order valence-corrected chi connectivity index (χ0v) is 15.5. The zero-order chi connectivity index (χ0) is 16.9. The molecule has 1 rings (SSSR count). The Hall–Kier alpha value is -0.770. The van der Waals surface area contributed by atoms with E-state index >= 15 is 0 Å². The zero-order valence-electron chi connectivity index (χ0n) is 14.7. The molecule has 1 aliphatic rings. The van der Waals surface area contributed by atoms with Crippen LogP contribution in [0.4, 0.5) is 0 Å². The van der Waals surface area contributed by atoms with Crippen molar-refractivity contribution in [2.75, 3.05) is 12.9 Å². The van der Waals surface area contributed by atoms with Crippen molar-refractivity contribution >= 4 is 23.5 Å². The van der Waals surface area contributed by atoms with Crippen LogP contribution in [0.2, 0.25) is 0 Å². The van der Waals surface area contributed by atoms with Crippen LogP contribution < -0.4 is 0 Å². The average Bonchev–Trinajstić information content (AvgIpc) is 2.42. The van der Waals surface area contributed by atoms with Crippen LogP contribution in [0.3, 0.4) is 0 Å². The number of hydrogen-bond acceptors (Lipinski definition) is 4. The normalized spacial score (nSPS) is 26.3. The van der Waals surface area contributed by atoms with Crippen LogP contribution in [0, 0.1) is 23.2 Å². The first-order valence-corrected chi connectivity index (χ1v) is 9.12. The fourth-order valence-corrected chi connectivity index (χ4v) is 4.35. The number of methoxy groups -OCH3 is 1. The Labute approximate surface area is 139 Å². The number of allylic oxidation sites excluding steroid dienone is 2. The molecule has 0 N–H and O–H groups in total. The van der Waals surface area contributed by atoms with Gasteiger partial charge in [-0.15, -0.1) is 0 Å². The van der Waals surface area contributed by atoms with Gasteiger partial charge in [0.15, 0.2) is 0 Å². The fourth-order valence-electron chi connectivity index (χ4n) is 3.31. The van der Waals surface area contributed by atoms with E-state index in [1.54, 1.807) is 11.8 Å².